The van der Waals surface area contributed by atoms with Crippen LogP contribution in [-0.4, -0.2) is 42.0 Å². The molecule has 0 aliphatic heterocycles. The predicted molar refractivity (Wildman–Crippen MR) is 124 cm³/mol. The summed E-state index contributed by atoms with van der Waals surface area (Å²) in [4.78, 5) is 26.8. The number of halogens is 5. The van der Waals surface area contributed by atoms with E-state index in [9.17, 15) is 31.5 Å². The van der Waals surface area contributed by atoms with Crippen LogP contribution in [0.25, 0.3) is 0 Å². The quantitative estimate of drug-likeness (QED) is 0.365. The topological polar surface area (TPSA) is 83.0 Å². The number of anilines is 1. The molecule has 3 aromatic carbocycles. The molecule has 0 spiro atoms. The lowest BCUT2D eigenvalue weighted by molar-refractivity contribution is -0.274. The van der Waals surface area contributed by atoms with E-state index in [2.05, 4.69) is 20.6 Å². The smallest absolute Gasteiger partial charge is 0.406 e. The molecule has 2 N–H and O–H groups in total. The molecule has 1 atom stereocenters. The van der Waals surface area contributed by atoms with E-state index in [1.165, 1.54) is 54.4 Å². The van der Waals surface area contributed by atoms with Crippen LogP contribution in [-0.2, 0) is 6.42 Å². The molecule has 0 aromatic heterocycles. The van der Waals surface area contributed by atoms with E-state index in [-0.39, 0.29) is 23.4 Å². The Kier molecular flexibility index (Phi) is 7.09. The third-order valence-corrected chi connectivity index (χ3v) is 5.57. The molecule has 1 aliphatic carbocycles. The van der Waals surface area contributed by atoms with Crippen LogP contribution in [0.3, 0.4) is 0 Å². The molecule has 12 heteroatoms. The van der Waals surface area contributed by atoms with Crippen LogP contribution in [0, 0.1) is 11.6 Å². The minimum atomic E-state index is -4.84. The van der Waals surface area contributed by atoms with E-state index in [4.69, 9.17) is 0 Å². The van der Waals surface area contributed by atoms with Crippen molar-refractivity contribution in [2.75, 3.05) is 12.4 Å². The van der Waals surface area contributed by atoms with Crippen molar-refractivity contribution in [2.24, 2.45) is 5.10 Å². The number of likely N-dealkylation sites (N-methyl/N-ethyl adjacent to an activating group) is 1. The van der Waals surface area contributed by atoms with Gasteiger partial charge in [0.2, 0.25) is 0 Å². The second-order valence-corrected chi connectivity index (χ2v) is 8.08. The highest BCUT2D eigenvalue weighted by molar-refractivity contribution is 6.11. The minimum Gasteiger partial charge on any atom is -0.406 e. The number of nitrogens with one attached hydrogen (secondary N) is 2. The fraction of sp³-hybridized carbons (Fsp3) is 0.160. The van der Waals surface area contributed by atoms with Gasteiger partial charge in [-0.05, 0) is 78.7 Å². The summed E-state index contributed by atoms with van der Waals surface area (Å²) < 4.78 is 67.8. The molecule has 1 unspecified atom stereocenters. The standard InChI is InChI=1S/C25H19F5N4O3/c1-34(23(35)14-2-4-16(26)5-3-14)21-13-15-12-17(27)6-11-20(15)22(21)32-33-24(36)31-18-7-9-19(10-8-18)37-25(28,29)30/h2-12,21H,13H2,1H3,(H2,31,33,36)/b32-22+. The van der Waals surface area contributed by atoms with Crippen LogP contribution in [0.2, 0.25) is 0 Å². The fourth-order valence-corrected chi connectivity index (χ4v) is 3.87. The Hall–Kier alpha value is -4.48. The lowest BCUT2D eigenvalue weighted by Gasteiger charge is -2.25. The molecule has 0 bridgehead atoms. The van der Waals surface area contributed by atoms with Crippen molar-refractivity contribution < 1.29 is 36.3 Å². The third kappa shape index (κ3) is 6.21. The van der Waals surface area contributed by atoms with Gasteiger partial charge in [-0.1, -0.05) is 0 Å². The Morgan fingerprint density at radius 2 is 1.62 bits per heavy atom. The monoisotopic (exact) mass is 518 g/mol. The zero-order chi connectivity index (χ0) is 26.7. The first-order valence-corrected chi connectivity index (χ1v) is 10.8. The van der Waals surface area contributed by atoms with Crippen LogP contribution in [0.1, 0.15) is 21.5 Å². The molecule has 0 fully saturated rings. The number of fused-ring (bicyclic) bond motifs is 1. The Labute approximate surface area is 207 Å². The molecule has 1 aliphatic rings. The number of benzene rings is 3. The van der Waals surface area contributed by atoms with Crippen LogP contribution >= 0.6 is 0 Å². The number of amides is 3. The van der Waals surface area contributed by atoms with Gasteiger partial charge in [0, 0.05) is 23.9 Å². The van der Waals surface area contributed by atoms with E-state index in [1.807, 2.05) is 0 Å². The highest BCUT2D eigenvalue weighted by Gasteiger charge is 2.35. The van der Waals surface area contributed by atoms with Crippen molar-refractivity contribution in [1.82, 2.24) is 10.3 Å². The summed E-state index contributed by atoms with van der Waals surface area (Å²) in [6.07, 6.45) is -4.62. The summed E-state index contributed by atoms with van der Waals surface area (Å²) in [6.45, 7) is 0. The van der Waals surface area contributed by atoms with Crippen molar-refractivity contribution in [3.05, 3.63) is 95.1 Å². The predicted octanol–water partition coefficient (Wildman–Crippen LogP) is 5.09. The molecule has 0 saturated carbocycles. The Bertz CT molecular complexity index is 1340. The normalized spacial score (nSPS) is 15.7. The molecule has 0 saturated heterocycles. The lowest BCUT2D eigenvalue weighted by atomic mass is 10.1. The molecule has 4 rings (SSSR count). The third-order valence-electron chi connectivity index (χ3n) is 5.57. The SMILES string of the molecule is CN(C(=O)c1ccc(F)cc1)C1Cc2cc(F)ccc2/C1=N\NC(=O)Nc1ccc(OC(F)(F)F)cc1. The summed E-state index contributed by atoms with van der Waals surface area (Å²) in [7, 11) is 1.51. The molecule has 37 heavy (non-hydrogen) atoms. The zero-order valence-electron chi connectivity index (χ0n) is 19.1. The molecule has 7 nitrogen and oxygen atoms in total. The maximum absolute atomic E-state index is 13.8. The Balaban J connectivity index is 1.51. The second-order valence-electron chi connectivity index (χ2n) is 8.08. The van der Waals surface area contributed by atoms with E-state index >= 15 is 0 Å². The average Bonchev–Trinajstić information content (AvgIpc) is 3.20. The lowest BCUT2D eigenvalue weighted by Crippen LogP contribution is -2.42. The van der Waals surface area contributed by atoms with Crippen LogP contribution < -0.4 is 15.5 Å². The van der Waals surface area contributed by atoms with Crippen LogP contribution in [0.4, 0.5) is 32.4 Å². The van der Waals surface area contributed by atoms with Crippen molar-refractivity contribution in [3.8, 4) is 5.75 Å². The number of rotatable bonds is 5. The number of carbonyl (C=O) groups is 2. The summed E-state index contributed by atoms with van der Waals surface area (Å²) in [6, 6.07) is 12.0. The second kappa shape index (κ2) is 10.2. The zero-order valence-corrected chi connectivity index (χ0v) is 19.1. The first-order valence-electron chi connectivity index (χ1n) is 10.8. The molecule has 192 valence electrons. The summed E-state index contributed by atoms with van der Waals surface area (Å²) in [5.41, 5.74) is 4.09. The number of urea groups is 1. The van der Waals surface area contributed by atoms with E-state index < -0.39 is 41.7 Å². The molecule has 3 amide bonds. The Morgan fingerprint density at radius 1 is 0.973 bits per heavy atom. The van der Waals surface area contributed by atoms with Gasteiger partial charge < -0.3 is 15.0 Å². The van der Waals surface area contributed by atoms with E-state index in [1.54, 1.807) is 0 Å². The number of hydrogen-bond acceptors (Lipinski definition) is 4. The molecular weight excluding hydrogens is 499 g/mol. The fourth-order valence-electron chi connectivity index (χ4n) is 3.87. The van der Waals surface area contributed by atoms with Crippen molar-refractivity contribution in [3.63, 3.8) is 0 Å². The number of alkyl halides is 3. The summed E-state index contributed by atoms with van der Waals surface area (Å²) in [5.74, 6) is -1.86. The van der Waals surface area contributed by atoms with Gasteiger partial charge in [0.05, 0.1) is 11.8 Å². The number of ether oxygens (including phenoxy) is 1. The van der Waals surface area contributed by atoms with Gasteiger partial charge in [-0.15, -0.1) is 13.2 Å². The van der Waals surface area contributed by atoms with Gasteiger partial charge in [0.1, 0.15) is 17.4 Å². The van der Waals surface area contributed by atoms with Gasteiger partial charge >= 0.3 is 12.4 Å². The van der Waals surface area contributed by atoms with Crippen molar-refractivity contribution in [1.29, 1.82) is 0 Å². The van der Waals surface area contributed by atoms with E-state index in [0.29, 0.717) is 11.1 Å². The highest BCUT2D eigenvalue weighted by atomic mass is 19.4. The minimum absolute atomic E-state index is 0.168. The first kappa shape index (κ1) is 25.6. The van der Waals surface area contributed by atoms with Gasteiger partial charge in [-0.3, -0.25) is 4.79 Å². The summed E-state index contributed by atoms with van der Waals surface area (Å²) in [5, 5.41) is 6.57. The molecular formula is C25H19F5N4O3. The van der Waals surface area contributed by atoms with Crippen molar-refractivity contribution in [2.45, 2.75) is 18.8 Å². The van der Waals surface area contributed by atoms with Gasteiger partial charge in [-0.25, -0.2) is 19.0 Å². The number of nitrogens with zero attached hydrogens (tertiary/aromatic N) is 2. The summed E-state index contributed by atoms with van der Waals surface area (Å²) >= 11 is 0. The molecule has 3 aromatic rings. The number of hydrogen-bond donors (Lipinski definition) is 2. The molecule has 0 heterocycles. The maximum atomic E-state index is 13.8. The first-order chi connectivity index (χ1) is 17.5. The van der Waals surface area contributed by atoms with Gasteiger partial charge in [0.15, 0.2) is 0 Å². The number of hydrazone groups is 1. The average molecular weight is 518 g/mol. The van der Waals surface area contributed by atoms with Gasteiger partial charge in [0.25, 0.3) is 5.91 Å². The largest absolute Gasteiger partial charge is 0.573 e. The van der Waals surface area contributed by atoms with Gasteiger partial charge in [-0.2, -0.15) is 5.10 Å². The van der Waals surface area contributed by atoms with E-state index in [0.717, 1.165) is 24.3 Å². The highest BCUT2D eigenvalue weighted by Crippen LogP contribution is 2.28. The number of carbonyl (C=O) groups excluding carboxylic acids is 2. The van der Waals surface area contributed by atoms with Crippen LogP contribution in [0.5, 0.6) is 5.75 Å². The van der Waals surface area contributed by atoms with Crippen LogP contribution in [0.15, 0.2) is 71.8 Å². The molecule has 0 radical (unpaired) electrons. The van der Waals surface area contributed by atoms with Crippen molar-refractivity contribution >= 4 is 23.3 Å². The Morgan fingerprint density at radius 3 is 2.27 bits per heavy atom. The maximum Gasteiger partial charge on any atom is 0.573 e.